The summed E-state index contributed by atoms with van der Waals surface area (Å²) >= 11 is 7.14. The van der Waals surface area contributed by atoms with Gasteiger partial charge >= 0.3 is 0 Å². The first-order valence-corrected chi connectivity index (χ1v) is 9.18. The van der Waals surface area contributed by atoms with Gasteiger partial charge in [0.1, 0.15) is 0 Å². The molecule has 2 aromatic heterocycles. The number of nitrogens with zero attached hydrogens (tertiary/aromatic N) is 5. The van der Waals surface area contributed by atoms with E-state index in [0.717, 1.165) is 17.0 Å². The molecule has 3 aromatic rings. The zero-order valence-corrected chi connectivity index (χ0v) is 15.9. The third-order valence-corrected chi connectivity index (χ3v) is 4.73. The van der Waals surface area contributed by atoms with Gasteiger partial charge in [0.05, 0.1) is 11.4 Å². The smallest absolute Gasteiger partial charge is 0.271 e. The van der Waals surface area contributed by atoms with E-state index in [9.17, 15) is 4.79 Å². The summed E-state index contributed by atoms with van der Waals surface area (Å²) in [6.07, 6.45) is 0. The molecular weight excluding hydrogens is 374 g/mol. The number of hydrogen-bond donors (Lipinski definition) is 2. The predicted molar refractivity (Wildman–Crippen MR) is 101 cm³/mol. The second kappa shape index (κ2) is 7.79. The number of benzene rings is 1. The molecule has 0 saturated heterocycles. The molecule has 0 aliphatic carbocycles. The molecule has 0 atom stereocenters. The second-order valence-electron chi connectivity index (χ2n) is 5.69. The Morgan fingerprint density at radius 1 is 1.31 bits per heavy atom. The molecule has 0 fully saturated rings. The van der Waals surface area contributed by atoms with Crippen molar-refractivity contribution in [2.75, 3.05) is 11.6 Å². The maximum Gasteiger partial charge on any atom is 0.271 e. The summed E-state index contributed by atoms with van der Waals surface area (Å²) in [4.78, 5) is 12.0. The minimum absolute atomic E-state index is 0.134. The molecule has 0 radical (unpaired) electrons. The van der Waals surface area contributed by atoms with E-state index in [1.807, 2.05) is 38.1 Å². The molecule has 1 amide bonds. The molecule has 0 bridgehead atoms. The van der Waals surface area contributed by atoms with Crippen molar-refractivity contribution in [3.8, 4) is 5.95 Å². The van der Waals surface area contributed by atoms with Crippen LogP contribution in [0.15, 0.2) is 35.5 Å². The van der Waals surface area contributed by atoms with Crippen LogP contribution in [0.4, 0.5) is 0 Å². The van der Waals surface area contributed by atoms with Gasteiger partial charge in [-0.1, -0.05) is 35.5 Å². The monoisotopic (exact) mass is 391 g/mol. The Hall–Kier alpha value is -2.52. The normalized spacial score (nSPS) is 10.9. The quantitative estimate of drug-likeness (QED) is 0.491. The first kappa shape index (κ1) is 18.3. The number of rotatable bonds is 6. The maximum absolute atomic E-state index is 12.0. The summed E-state index contributed by atoms with van der Waals surface area (Å²) in [6, 6.07) is 9.26. The SMILES string of the molecule is Cc1cc(C)n(-c2nnc(SCC(=O)NCc3cccc(Cl)c3)n2N)n1. The predicted octanol–water partition coefficient (Wildman–Crippen LogP) is 1.86. The number of aryl methyl sites for hydroxylation is 2. The van der Waals surface area contributed by atoms with E-state index in [2.05, 4.69) is 20.6 Å². The minimum atomic E-state index is -0.134. The van der Waals surface area contributed by atoms with E-state index >= 15 is 0 Å². The van der Waals surface area contributed by atoms with Gasteiger partial charge in [-0.25, -0.2) is 9.36 Å². The van der Waals surface area contributed by atoms with E-state index < -0.39 is 0 Å². The molecule has 136 valence electrons. The van der Waals surface area contributed by atoms with Gasteiger partial charge in [0.15, 0.2) is 0 Å². The summed E-state index contributed by atoms with van der Waals surface area (Å²) in [5.41, 5.74) is 2.70. The van der Waals surface area contributed by atoms with Crippen molar-refractivity contribution in [2.45, 2.75) is 25.5 Å². The first-order chi connectivity index (χ1) is 12.4. The number of nitrogens with one attached hydrogen (secondary N) is 1. The summed E-state index contributed by atoms with van der Waals surface area (Å²) in [5, 5.41) is 16.3. The van der Waals surface area contributed by atoms with Gasteiger partial charge in [0.2, 0.25) is 11.1 Å². The minimum Gasteiger partial charge on any atom is -0.351 e. The number of amides is 1. The Labute approximate surface area is 159 Å². The lowest BCUT2D eigenvalue weighted by molar-refractivity contribution is -0.118. The average Bonchev–Trinajstić information content (AvgIpc) is 3.12. The van der Waals surface area contributed by atoms with Crippen molar-refractivity contribution in [1.29, 1.82) is 0 Å². The molecule has 3 rings (SSSR count). The van der Waals surface area contributed by atoms with E-state index in [1.165, 1.54) is 16.4 Å². The lowest BCUT2D eigenvalue weighted by Crippen LogP contribution is -2.25. The molecule has 0 unspecified atom stereocenters. The van der Waals surface area contributed by atoms with Crippen LogP contribution < -0.4 is 11.2 Å². The van der Waals surface area contributed by atoms with Crippen LogP contribution in [0.5, 0.6) is 0 Å². The van der Waals surface area contributed by atoms with Crippen molar-refractivity contribution in [2.24, 2.45) is 0 Å². The molecule has 26 heavy (non-hydrogen) atoms. The van der Waals surface area contributed by atoms with E-state index in [-0.39, 0.29) is 11.7 Å². The summed E-state index contributed by atoms with van der Waals surface area (Å²) < 4.78 is 2.94. The third-order valence-electron chi connectivity index (χ3n) is 3.56. The highest BCUT2D eigenvalue weighted by molar-refractivity contribution is 7.99. The molecule has 0 spiro atoms. The van der Waals surface area contributed by atoms with E-state index in [4.69, 9.17) is 17.4 Å². The first-order valence-electron chi connectivity index (χ1n) is 7.82. The van der Waals surface area contributed by atoms with Gasteiger partial charge in [-0.3, -0.25) is 4.79 Å². The number of carbonyl (C=O) groups is 1. The van der Waals surface area contributed by atoms with Crippen LogP contribution in [0.2, 0.25) is 5.02 Å². The van der Waals surface area contributed by atoms with Crippen molar-refractivity contribution >= 4 is 29.3 Å². The largest absolute Gasteiger partial charge is 0.351 e. The number of carbonyl (C=O) groups excluding carboxylic acids is 1. The van der Waals surface area contributed by atoms with Crippen LogP contribution in [0.1, 0.15) is 17.0 Å². The number of hydrogen-bond acceptors (Lipinski definition) is 6. The number of thioether (sulfide) groups is 1. The highest BCUT2D eigenvalue weighted by Crippen LogP contribution is 2.17. The lowest BCUT2D eigenvalue weighted by Gasteiger charge is -2.06. The zero-order valence-electron chi connectivity index (χ0n) is 14.3. The molecule has 10 heteroatoms. The lowest BCUT2D eigenvalue weighted by atomic mass is 10.2. The fourth-order valence-corrected chi connectivity index (χ4v) is 3.27. The Balaban J connectivity index is 1.58. The van der Waals surface area contributed by atoms with Crippen LogP contribution in [-0.4, -0.2) is 36.3 Å². The zero-order chi connectivity index (χ0) is 18.7. The topological polar surface area (TPSA) is 104 Å². The van der Waals surface area contributed by atoms with Crippen LogP contribution in [0, 0.1) is 13.8 Å². The molecule has 1 aromatic carbocycles. The molecular formula is C16H18ClN7OS. The van der Waals surface area contributed by atoms with E-state index in [0.29, 0.717) is 22.7 Å². The van der Waals surface area contributed by atoms with Crippen LogP contribution in [-0.2, 0) is 11.3 Å². The van der Waals surface area contributed by atoms with Gasteiger partial charge in [-0.15, -0.1) is 10.2 Å². The molecule has 2 heterocycles. The summed E-state index contributed by atoms with van der Waals surface area (Å²) in [5.74, 6) is 6.49. The van der Waals surface area contributed by atoms with E-state index in [1.54, 1.807) is 10.7 Å². The van der Waals surface area contributed by atoms with Crippen LogP contribution in [0.25, 0.3) is 5.95 Å². The van der Waals surface area contributed by atoms with Gasteiger partial charge < -0.3 is 11.2 Å². The molecule has 8 nitrogen and oxygen atoms in total. The number of halogens is 1. The van der Waals surface area contributed by atoms with Crippen molar-refractivity contribution in [1.82, 2.24) is 30.0 Å². The fraction of sp³-hybridized carbons (Fsp3) is 0.250. The summed E-state index contributed by atoms with van der Waals surface area (Å²) in [6.45, 7) is 4.21. The highest BCUT2D eigenvalue weighted by Gasteiger charge is 2.16. The Morgan fingerprint density at radius 3 is 2.81 bits per heavy atom. The molecule has 0 aliphatic rings. The van der Waals surface area contributed by atoms with Crippen LogP contribution >= 0.6 is 23.4 Å². The standard InChI is InChI=1S/C16H18ClN7OS/c1-10-6-11(2)24(22-10)15-20-21-16(23(15)18)26-9-14(25)19-8-12-4-3-5-13(17)7-12/h3-7H,8-9,18H2,1-2H3,(H,19,25). The van der Waals surface area contributed by atoms with Crippen LogP contribution in [0.3, 0.4) is 0 Å². The van der Waals surface area contributed by atoms with Crippen molar-refractivity contribution < 1.29 is 4.79 Å². The average molecular weight is 392 g/mol. The second-order valence-corrected chi connectivity index (χ2v) is 7.07. The maximum atomic E-state index is 12.0. The van der Waals surface area contributed by atoms with Gasteiger partial charge in [-0.05, 0) is 37.6 Å². The third kappa shape index (κ3) is 4.17. The number of aromatic nitrogens is 5. The van der Waals surface area contributed by atoms with Crippen molar-refractivity contribution in [3.05, 3.63) is 52.3 Å². The molecule has 0 saturated carbocycles. The Kier molecular flexibility index (Phi) is 5.48. The number of nitrogen functional groups attached to an aromatic ring is 1. The Bertz CT molecular complexity index is 937. The van der Waals surface area contributed by atoms with Gasteiger partial charge in [0, 0.05) is 17.3 Å². The van der Waals surface area contributed by atoms with Gasteiger partial charge in [-0.2, -0.15) is 5.10 Å². The highest BCUT2D eigenvalue weighted by atomic mass is 35.5. The number of nitrogens with two attached hydrogens (primary N) is 1. The molecule has 0 aliphatic heterocycles. The van der Waals surface area contributed by atoms with Crippen molar-refractivity contribution in [3.63, 3.8) is 0 Å². The van der Waals surface area contributed by atoms with Gasteiger partial charge in [0.25, 0.3) is 5.95 Å². The molecule has 3 N–H and O–H groups in total. The summed E-state index contributed by atoms with van der Waals surface area (Å²) in [7, 11) is 0. The fourth-order valence-electron chi connectivity index (χ4n) is 2.37. The Morgan fingerprint density at radius 2 is 2.12 bits per heavy atom.